The van der Waals surface area contributed by atoms with Crippen LogP contribution < -0.4 is 10.5 Å². The average Bonchev–Trinajstić information content (AvgIpc) is 2.81. The Morgan fingerprint density at radius 3 is 3.12 bits per heavy atom. The summed E-state index contributed by atoms with van der Waals surface area (Å²) < 4.78 is 5.66. The second-order valence-corrected chi connectivity index (χ2v) is 4.92. The van der Waals surface area contributed by atoms with Crippen molar-refractivity contribution < 1.29 is 4.74 Å². The van der Waals surface area contributed by atoms with Crippen molar-refractivity contribution in [1.29, 1.82) is 0 Å². The SMILES string of the molecule is CC1Cc2cc(-c3csc(N)n3)ccc2O1. The number of aromatic nitrogens is 1. The maximum absolute atomic E-state index is 5.66. The van der Waals surface area contributed by atoms with Crippen molar-refractivity contribution in [3.8, 4) is 17.0 Å². The van der Waals surface area contributed by atoms with Gasteiger partial charge in [-0.1, -0.05) is 0 Å². The standard InChI is InChI=1S/C12H12N2OS/c1-7-4-9-5-8(2-3-11(9)15-7)10-6-16-12(13)14-10/h2-3,5-7H,4H2,1H3,(H2,13,14). The highest BCUT2D eigenvalue weighted by Crippen LogP contribution is 2.33. The molecule has 0 radical (unpaired) electrons. The second kappa shape index (κ2) is 3.49. The van der Waals surface area contributed by atoms with Gasteiger partial charge in [0.1, 0.15) is 11.9 Å². The topological polar surface area (TPSA) is 48.1 Å². The quantitative estimate of drug-likeness (QED) is 0.822. The van der Waals surface area contributed by atoms with Gasteiger partial charge in [-0.15, -0.1) is 11.3 Å². The fourth-order valence-electron chi connectivity index (χ4n) is 2.00. The molecule has 2 heterocycles. The van der Waals surface area contributed by atoms with Crippen molar-refractivity contribution >= 4 is 16.5 Å². The van der Waals surface area contributed by atoms with E-state index in [-0.39, 0.29) is 6.10 Å². The molecule has 82 valence electrons. The van der Waals surface area contributed by atoms with Gasteiger partial charge in [0.2, 0.25) is 0 Å². The van der Waals surface area contributed by atoms with E-state index in [0.717, 1.165) is 23.4 Å². The van der Waals surface area contributed by atoms with Crippen molar-refractivity contribution in [3.63, 3.8) is 0 Å². The highest BCUT2D eigenvalue weighted by Gasteiger charge is 2.19. The number of hydrogen-bond donors (Lipinski definition) is 1. The van der Waals surface area contributed by atoms with Crippen molar-refractivity contribution in [2.45, 2.75) is 19.4 Å². The molecule has 4 heteroatoms. The lowest BCUT2D eigenvalue weighted by molar-refractivity contribution is 0.254. The van der Waals surface area contributed by atoms with Crippen LogP contribution in [0.15, 0.2) is 23.6 Å². The van der Waals surface area contributed by atoms with Gasteiger partial charge in [0.25, 0.3) is 0 Å². The lowest BCUT2D eigenvalue weighted by atomic mass is 10.1. The van der Waals surface area contributed by atoms with E-state index in [1.54, 1.807) is 0 Å². The molecule has 1 unspecified atom stereocenters. The van der Waals surface area contributed by atoms with E-state index < -0.39 is 0 Å². The minimum Gasteiger partial charge on any atom is -0.490 e. The van der Waals surface area contributed by atoms with Crippen LogP contribution in [-0.4, -0.2) is 11.1 Å². The summed E-state index contributed by atoms with van der Waals surface area (Å²) in [6, 6.07) is 6.20. The van der Waals surface area contributed by atoms with Crippen LogP contribution >= 0.6 is 11.3 Å². The molecule has 1 aliphatic heterocycles. The molecule has 0 spiro atoms. The van der Waals surface area contributed by atoms with E-state index >= 15 is 0 Å². The van der Waals surface area contributed by atoms with Crippen LogP contribution in [0.2, 0.25) is 0 Å². The molecule has 0 saturated carbocycles. The Balaban J connectivity index is 2.02. The van der Waals surface area contributed by atoms with Gasteiger partial charge < -0.3 is 10.5 Å². The number of anilines is 1. The number of nitrogens with two attached hydrogens (primary N) is 1. The third-order valence-corrected chi connectivity index (χ3v) is 3.39. The zero-order valence-electron chi connectivity index (χ0n) is 8.93. The lowest BCUT2D eigenvalue weighted by Gasteiger charge is -2.02. The van der Waals surface area contributed by atoms with Gasteiger partial charge in [-0.25, -0.2) is 4.98 Å². The molecule has 16 heavy (non-hydrogen) atoms. The van der Waals surface area contributed by atoms with E-state index in [1.807, 2.05) is 17.5 Å². The maximum atomic E-state index is 5.66. The van der Waals surface area contributed by atoms with Crippen LogP contribution in [0.4, 0.5) is 5.13 Å². The molecule has 0 amide bonds. The summed E-state index contributed by atoms with van der Waals surface area (Å²) in [4.78, 5) is 4.28. The van der Waals surface area contributed by atoms with E-state index in [2.05, 4.69) is 18.0 Å². The Labute approximate surface area is 97.9 Å². The Morgan fingerprint density at radius 1 is 1.50 bits per heavy atom. The predicted octanol–water partition coefficient (Wildman–Crippen LogP) is 2.72. The zero-order valence-corrected chi connectivity index (χ0v) is 9.75. The van der Waals surface area contributed by atoms with Gasteiger partial charge in [0.15, 0.2) is 5.13 Å². The summed E-state index contributed by atoms with van der Waals surface area (Å²) >= 11 is 1.47. The van der Waals surface area contributed by atoms with Crippen LogP contribution in [0.1, 0.15) is 12.5 Å². The Morgan fingerprint density at radius 2 is 2.38 bits per heavy atom. The predicted molar refractivity (Wildman–Crippen MR) is 65.8 cm³/mol. The third kappa shape index (κ3) is 1.55. The summed E-state index contributed by atoms with van der Waals surface area (Å²) in [5.41, 5.74) is 8.96. The van der Waals surface area contributed by atoms with Gasteiger partial charge in [0.05, 0.1) is 5.69 Å². The fraction of sp³-hybridized carbons (Fsp3) is 0.250. The molecule has 0 bridgehead atoms. The highest BCUT2D eigenvalue weighted by molar-refractivity contribution is 7.13. The van der Waals surface area contributed by atoms with Crippen molar-refractivity contribution in [3.05, 3.63) is 29.1 Å². The molecule has 3 rings (SSSR count). The van der Waals surface area contributed by atoms with Crippen LogP contribution in [-0.2, 0) is 6.42 Å². The monoisotopic (exact) mass is 232 g/mol. The average molecular weight is 232 g/mol. The Hall–Kier alpha value is -1.55. The molecule has 1 aromatic carbocycles. The molecule has 0 saturated heterocycles. The fourth-order valence-corrected chi connectivity index (χ4v) is 2.57. The van der Waals surface area contributed by atoms with Crippen LogP contribution in [0, 0.1) is 0 Å². The molecule has 0 fully saturated rings. The van der Waals surface area contributed by atoms with Gasteiger partial charge in [-0.2, -0.15) is 0 Å². The maximum Gasteiger partial charge on any atom is 0.180 e. The third-order valence-electron chi connectivity index (χ3n) is 2.71. The van der Waals surface area contributed by atoms with E-state index in [4.69, 9.17) is 10.5 Å². The van der Waals surface area contributed by atoms with Crippen LogP contribution in [0.3, 0.4) is 0 Å². The first-order valence-electron chi connectivity index (χ1n) is 5.23. The normalized spacial score (nSPS) is 18.2. The minimum absolute atomic E-state index is 0.283. The molecule has 2 N–H and O–H groups in total. The van der Waals surface area contributed by atoms with Crippen molar-refractivity contribution in [1.82, 2.24) is 4.98 Å². The number of nitrogens with zero attached hydrogens (tertiary/aromatic N) is 1. The number of nitrogen functional groups attached to an aromatic ring is 1. The van der Waals surface area contributed by atoms with Crippen molar-refractivity contribution in [2.75, 3.05) is 5.73 Å². The molecule has 1 aliphatic rings. The molecule has 1 aromatic heterocycles. The lowest BCUT2D eigenvalue weighted by Crippen LogP contribution is -2.05. The van der Waals surface area contributed by atoms with Gasteiger partial charge in [-0.05, 0) is 30.7 Å². The summed E-state index contributed by atoms with van der Waals surface area (Å²) in [5.74, 6) is 0.999. The molecule has 2 aromatic rings. The number of thiazole rings is 1. The molecular weight excluding hydrogens is 220 g/mol. The summed E-state index contributed by atoms with van der Waals surface area (Å²) in [7, 11) is 0. The molecule has 3 nitrogen and oxygen atoms in total. The first-order chi connectivity index (χ1) is 7.72. The number of ether oxygens (including phenoxy) is 1. The molecule has 1 atom stereocenters. The molecule has 0 aliphatic carbocycles. The van der Waals surface area contributed by atoms with Crippen LogP contribution in [0.25, 0.3) is 11.3 Å². The van der Waals surface area contributed by atoms with Gasteiger partial charge in [-0.3, -0.25) is 0 Å². The van der Waals surface area contributed by atoms with Gasteiger partial charge >= 0.3 is 0 Å². The smallest absolute Gasteiger partial charge is 0.180 e. The van der Waals surface area contributed by atoms with Crippen LogP contribution in [0.5, 0.6) is 5.75 Å². The Kier molecular flexibility index (Phi) is 2.11. The molecular formula is C12H12N2OS. The number of hydrogen-bond acceptors (Lipinski definition) is 4. The highest BCUT2D eigenvalue weighted by atomic mass is 32.1. The van der Waals surface area contributed by atoms with Crippen molar-refractivity contribution in [2.24, 2.45) is 0 Å². The second-order valence-electron chi connectivity index (χ2n) is 4.03. The van der Waals surface area contributed by atoms with E-state index in [1.165, 1.54) is 16.9 Å². The summed E-state index contributed by atoms with van der Waals surface area (Å²) in [6.07, 6.45) is 1.26. The zero-order chi connectivity index (χ0) is 11.1. The van der Waals surface area contributed by atoms with E-state index in [9.17, 15) is 0 Å². The Bertz CT molecular complexity index is 536. The van der Waals surface area contributed by atoms with E-state index in [0.29, 0.717) is 5.13 Å². The summed E-state index contributed by atoms with van der Waals surface area (Å²) in [5, 5.41) is 2.59. The largest absolute Gasteiger partial charge is 0.490 e. The minimum atomic E-state index is 0.283. The summed E-state index contributed by atoms with van der Waals surface area (Å²) in [6.45, 7) is 2.08. The number of rotatable bonds is 1. The van der Waals surface area contributed by atoms with Gasteiger partial charge in [0, 0.05) is 17.4 Å². The number of benzene rings is 1. The first-order valence-corrected chi connectivity index (χ1v) is 6.11. The number of fused-ring (bicyclic) bond motifs is 1. The first kappa shape index (κ1) is 9.66.